The Balaban J connectivity index is 2.56. The number of nitrogens with one attached hydrogen (secondary N) is 1. The van der Waals surface area contributed by atoms with Crippen LogP contribution in [0.15, 0.2) is 24.3 Å². The Morgan fingerprint density at radius 1 is 1.30 bits per heavy atom. The summed E-state index contributed by atoms with van der Waals surface area (Å²) in [6.07, 6.45) is 0.310. The van der Waals surface area contributed by atoms with E-state index in [0.717, 1.165) is 6.42 Å². The standard InChI is InChI=1S/C15H23F2NO2/c1-4-10(2)11(3)18-9-14(19)12-6-5-7-13(8-12)20-15(16)17/h5-8,10-11,14-15,18-19H,4,9H2,1-3H3. The molecule has 3 unspecified atom stereocenters. The minimum absolute atomic E-state index is 0.0616. The van der Waals surface area contributed by atoms with Gasteiger partial charge < -0.3 is 15.2 Å². The van der Waals surface area contributed by atoms with Gasteiger partial charge >= 0.3 is 6.61 Å². The lowest BCUT2D eigenvalue weighted by Gasteiger charge is -2.22. The summed E-state index contributed by atoms with van der Waals surface area (Å²) in [6, 6.07) is 6.45. The summed E-state index contributed by atoms with van der Waals surface area (Å²) in [5.41, 5.74) is 0.562. The van der Waals surface area contributed by atoms with Crippen LogP contribution in [0.25, 0.3) is 0 Å². The van der Waals surface area contributed by atoms with Crippen LogP contribution in [-0.4, -0.2) is 24.3 Å². The lowest BCUT2D eigenvalue weighted by molar-refractivity contribution is -0.0499. The molecule has 0 heterocycles. The van der Waals surface area contributed by atoms with E-state index in [4.69, 9.17) is 0 Å². The molecule has 0 aliphatic carbocycles. The van der Waals surface area contributed by atoms with Gasteiger partial charge in [-0.1, -0.05) is 32.4 Å². The van der Waals surface area contributed by atoms with Gasteiger partial charge in [0.05, 0.1) is 6.10 Å². The highest BCUT2D eigenvalue weighted by Crippen LogP contribution is 2.20. The lowest BCUT2D eigenvalue weighted by atomic mass is 10.0. The molecule has 0 fully saturated rings. The molecule has 0 spiro atoms. The molecule has 0 bridgehead atoms. The maximum absolute atomic E-state index is 12.1. The maximum atomic E-state index is 12.1. The highest BCUT2D eigenvalue weighted by Gasteiger charge is 2.14. The van der Waals surface area contributed by atoms with Crippen molar-refractivity contribution in [2.24, 2.45) is 5.92 Å². The molecule has 1 aromatic carbocycles. The van der Waals surface area contributed by atoms with Gasteiger partial charge in [-0.3, -0.25) is 0 Å². The maximum Gasteiger partial charge on any atom is 0.387 e. The SMILES string of the molecule is CCC(C)C(C)NCC(O)c1cccc(OC(F)F)c1. The minimum atomic E-state index is -2.86. The molecule has 1 rings (SSSR count). The average Bonchev–Trinajstić information content (AvgIpc) is 2.43. The molecule has 1 aromatic rings. The molecule has 0 aliphatic heterocycles. The van der Waals surface area contributed by atoms with Crippen LogP contribution >= 0.6 is 0 Å². The van der Waals surface area contributed by atoms with Crippen molar-refractivity contribution in [3.05, 3.63) is 29.8 Å². The van der Waals surface area contributed by atoms with E-state index in [1.54, 1.807) is 12.1 Å². The summed E-state index contributed by atoms with van der Waals surface area (Å²) in [7, 11) is 0. The summed E-state index contributed by atoms with van der Waals surface area (Å²) in [6.45, 7) is 3.85. The quantitative estimate of drug-likeness (QED) is 0.770. The lowest BCUT2D eigenvalue weighted by Crippen LogP contribution is -2.35. The van der Waals surface area contributed by atoms with Crippen LogP contribution in [0.5, 0.6) is 5.75 Å². The number of hydrogen-bond donors (Lipinski definition) is 2. The fraction of sp³-hybridized carbons (Fsp3) is 0.600. The van der Waals surface area contributed by atoms with Gasteiger partial charge in [0.1, 0.15) is 5.75 Å². The molecule has 2 N–H and O–H groups in total. The number of aliphatic hydroxyl groups excluding tert-OH is 1. The van der Waals surface area contributed by atoms with Crippen molar-refractivity contribution in [2.75, 3.05) is 6.54 Å². The highest BCUT2D eigenvalue weighted by atomic mass is 19.3. The first-order valence-electron chi connectivity index (χ1n) is 6.90. The van der Waals surface area contributed by atoms with E-state index in [1.165, 1.54) is 12.1 Å². The molecule has 0 radical (unpaired) electrons. The zero-order valence-electron chi connectivity index (χ0n) is 12.1. The predicted molar refractivity (Wildman–Crippen MR) is 75.0 cm³/mol. The Morgan fingerprint density at radius 3 is 2.60 bits per heavy atom. The highest BCUT2D eigenvalue weighted by molar-refractivity contribution is 5.30. The Kier molecular flexibility index (Phi) is 6.88. The van der Waals surface area contributed by atoms with E-state index < -0.39 is 12.7 Å². The van der Waals surface area contributed by atoms with Crippen LogP contribution in [0, 0.1) is 5.92 Å². The van der Waals surface area contributed by atoms with E-state index in [-0.39, 0.29) is 11.8 Å². The van der Waals surface area contributed by atoms with Gasteiger partial charge in [-0.15, -0.1) is 0 Å². The summed E-state index contributed by atoms with van der Waals surface area (Å²) >= 11 is 0. The first kappa shape index (κ1) is 16.9. The van der Waals surface area contributed by atoms with Crippen molar-refractivity contribution >= 4 is 0 Å². The third-order valence-electron chi connectivity index (χ3n) is 3.60. The zero-order valence-corrected chi connectivity index (χ0v) is 12.1. The molecular weight excluding hydrogens is 264 g/mol. The number of aliphatic hydroxyl groups is 1. The second kappa shape index (κ2) is 8.17. The van der Waals surface area contributed by atoms with Gasteiger partial charge in [0.2, 0.25) is 0 Å². The molecule has 3 nitrogen and oxygen atoms in total. The number of halogens is 2. The minimum Gasteiger partial charge on any atom is -0.435 e. The molecule has 0 saturated heterocycles. The van der Waals surface area contributed by atoms with E-state index in [9.17, 15) is 13.9 Å². The van der Waals surface area contributed by atoms with Crippen molar-refractivity contribution < 1.29 is 18.6 Å². The summed E-state index contributed by atoms with van der Waals surface area (Å²) in [5, 5.41) is 13.3. The molecule has 0 aromatic heterocycles. The molecule has 20 heavy (non-hydrogen) atoms. The first-order valence-corrected chi connectivity index (χ1v) is 6.90. The molecular formula is C15H23F2NO2. The van der Waals surface area contributed by atoms with Gasteiger partial charge in [-0.2, -0.15) is 8.78 Å². The number of hydrogen-bond acceptors (Lipinski definition) is 3. The van der Waals surface area contributed by atoms with Crippen LogP contribution in [0.4, 0.5) is 8.78 Å². The molecule has 0 aliphatic rings. The van der Waals surface area contributed by atoms with Crippen molar-refractivity contribution in [3.8, 4) is 5.75 Å². The number of rotatable bonds is 8. The zero-order chi connectivity index (χ0) is 15.1. The van der Waals surface area contributed by atoms with Crippen molar-refractivity contribution in [3.63, 3.8) is 0 Å². The Hall–Kier alpha value is -1.20. The summed E-state index contributed by atoms with van der Waals surface area (Å²) < 4.78 is 28.6. The van der Waals surface area contributed by atoms with E-state index in [0.29, 0.717) is 18.0 Å². The van der Waals surface area contributed by atoms with E-state index >= 15 is 0 Å². The molecule has 114 valence electrons. The van der Waals surface area contributed by atoms with Crippen LogP contribution in [0.2, 0.25) is 0 Å². The second-order valence-electron chi connectivity index (χ2n) is 5.05. The summed E-state index contributed by atoms with van der Waals surface area (Å²) in [5.74, 6) is 0.572. The van der Waals surface area contributed by atoms with Gasteiger partial charge in [0.25, 0.3) is 0 Å². The van der Waals surface area contributed by atoms with Gasteiger partial charge in [-0.25, -0.2) is 0 Å². The third kappa shape index (κ3) is 5.43. The molecule has 0 amide bonds. The normalized spacial score (nSPS) is 15.9. The number of alkyl halides is 2. The van der Waals surface area contributed by atoms with Crippen LogP contribution < -0.4 is 10.1 Å². The average molecular weight is 287 g/mol. The Labute approximate surface area is 119 Å². The third-order valence-corrected chi connectivity index (χ3v) is 3.60. The monoisotopic (exact) mass is 287 g/mol. The Morgan fingerprint density at radius 2 is 2.00 bits per heavy atom. The topological polar surface area (TPSA) is 41.5 Å². The van der Waals surface area contributed by atoms with Crippen LogP contribution in [0.1, 0.15) is 38.9 Å². The fourth-order valence-corrected chi connectivity index (χ4v) is 1.87. The second-order valence-corrected chi connectivity index (χ2v) is 5.05. The molecule has 5 heteroatoms. The van der Waals surface area contributed by atoms with Gasteiger partial charge in [0, 0.05) is 12.6 Å². The smallest absolute Gasteiger partial charge is 0.387 e. The summed E-state index contributed by atoms with van der Waals surface area (Å²) in [4.78, 5) is 0. The van der Waals surface area contributed by atoms with Gasteiger partial charge in [0.15, 0.2) is 0 Å². The van der Waals surface area contributed by atoms with Crippen molar-refractivity contribution in [2.45, 2.75) is 45.9 Å². The van der Waals surface area contributed by atoms with Crippen molar-refractivity contribution in [1.29, 1.82) is 0 Å². The van der Waals surface area contributed by atoms with E-state index in [1.807, 2.05) is 0 Å². The Bertz CT molecular complexity index is 401. The van der Waals surface area contributed by atoms with Crippen LogP contribution in [0.3, 0.4) is 0 Å². The van der Waals surface area contributed by atoms with Crippen molar-refractivity contribution in [1.82, 2.24) is 5.32 Å². The van der Waals surface area contributed by atoms with Crippen LogP contribution in [-0.2, 0) is 0 Å². The molecule has 0 saturated carbocycles. The van der Waals surface area contributed by atoms with E-state index in [2.05, 4.69) is 30.8 Å². The number of ether oxygens (including phenoxy) is 1. The fourth-order valence-electron chi connectivity index (χ4n) is 1.87. The van der Waals surface area contributed by atoms with Gasteiger partial charge in [-0.05, 0) is 30.5 Å². The predicted octanol–water partition coefficient (Wildman–Crippen LogP) is 3.35. The first-order chi connectivity index (χ1) is 9.43. The molecule has 3 atom stereocenters. The number of benzene rings is 1. The largest absolute Gasteiger partial charge is 0.435 e.